The van der Waals surface area contributed by atoms with Crippen molar-refractivity contribution < 1.29 is 23.8 Å². The number of rotatable bonds is 6. The fourth-order valence-corrected chi connectivity index (χ4v) is 3.31. The summed E-state index contributed by atoms with van der Waals surface area (Å²) in [6.45, 7) is 4.20. The number of hydrogen-bond donors (Lipinski definition) is 1. The highest BCUT2D eigenvalue weighted by Crippen LogP contribution is 2.29. The number of carboxylic acid groups (broad SMARTS) is 1. The van der Waals surface area contributed by atoms with Crippen molar-refractivity contribution in [1.29, 1.82) is 0 Å². The Morgan fingerprint density at radius 1 is 1.26 bits per heavy atom. The average molecular weight is 373 g/mol. The molecule has 1 atom stereocenters. The largest absolute Gasteiger partial charge is 0.480 e. The third-order valence-electron chi connectivity index (χ3n) is 4.52. The normalized spacial score (nSPS) is 16.6. The maximum atomic E-state index is 12.5. The molecule has 27 heavy (non-hydrogen) atoms. The van der Waals surface area contributed by atoms with E-state index in [-0.39, 0.29) is 5.91 Å². The van der Waals surface area contributed by atoms with E-state index in [4.69, 9.17) is 9.15 Å². The topological polar surface area (TPSA) is 96.1 Å². The molecule has 0 aromatic carbocycles. The summed E-state index contributed by atoms with van der Waals surface area (Å²) in [6.07, 6.45) is 3.72. The molecule has 1 saturated heterocycles. The van der Waals surface area contributed by atoms with Gasteiger partial charge in [-0.05, 0) is 37.6 Å². The minimum atomic E-state index is -0.963. The van der Waals surface area contributed by atoms with Crippen molar-refractivity contribution in [3.63, 3.8) is 0 Å². The summed E-state index contributed by atoms with van der Waals surface area (Å²) >= 11 is 0. The zero-order valence-electron chi connectivity index (χ0n) is 15.2. The molecule has 1 N–H and O–H groups in total. The maximum absolute atomic E-state index is 12.5. The quantitative estimate of drug-likeness (QED) is 0.828. The standard InChI is InChI=1S/C19H23N3O5/c1-2-26-17-14(6-3-8-20-17)16(19(24)25)21-9-5-10-22(12-11-21)18(23)15-7-4-13-27-15/h3-4,6-8,13,16H,2,5,9-12H2,1H3,(H,24,25)/t16-/m1/s1. The van der Waals surface area contributed by atoms with Crippen LogP contribution in [-0.4, -0.2) is 64.6 Å². The van der Waals surface area contributed by atoms with Gasteiger partial charge in [-0.1, -0.05) is 0 Å². The van der Waals surface area contributed by atoms with Gasteiger partial charge in [-0.15, -0.1) is 0 Å². The number of hydrogen-bond acceptors (Lipinski definition) is 6. The Hall–Kier alpha value is -2.87. The Kier molecular flexibility index (Phi) is 6.08. The number of pyridine rings is 1. The van der Waals surface area contributed by atoms with Crippen LogP contribution in [0, 0.1) is 0 Å². The molecule has 0 bridgehead atoms. The van der Waals surface area contributed by atoms with Crippen LogP contribution in [0.15, 0.2) is 41.1 Å². The van der Waals surface area contributed by atoms with Crippen LogP contribution in [0.3, 0.4) is 0 Å². The molecule has 1 fully saturated rings. The van der Waals surface area contributed by atoms with E-state index in [1.54, 1.807) is 35.4 Å². The van der Waals surface area contributed by atoms with Gasteiger partial charge in [-0.3, -0.25) is 14.5 Å². The molecular weight excluding hydrogens is 350 g/mol. The first-order valence-corrected chi connectivity index (χ1v) is 8.99. The van der Waals surface area contributed by atoms with Crippen molar-refractivity contribution in [2.24, 2.45) is 0 Å². The van der Waals surface area contributed by atoms with Crippen LogP contribution in [0.4, 0.5) is 0 Å². The number of nitrogens with zero attached hydrogens (tertiary/aromatic N) is 3. The first-order valence-electron chi connectivity index (χ1n) is 8.99. The molecule has 144 valence electrons. The minimum absolute atomic E-state index is 0.176. The van der Waals surface area contributed by atoms with Crippen molar-refractivity contribution in [2.75, 3.05) is 32.8 Å². The Bertz CT molecular complexity index is 777. The molecule has 1 aliphatic heterocycles. The van der Waals surface area contributed by atoms with Gasteiger partial charge < -0.3 is 19.2 Å². The number of aliphatic carboxylic acids is 1. The summed E-state index contributed by atoms with van der Waals surface area (Å²) in [5.41, 5.74) is 0.526. The van der Waals surface area contributed by atoms with E-state index in [2.05, 4.69) is 4.98 Å². The summed E-state index contributed by atoms with van der Waals surface area (Å²) in [5, 5.41) is 9.87. The molecule has 0 saturated carbocycles. The average Bonchev–Trinajstić information content (AvgIpc) is 3.09. The number of carbonyl (C=O) groups excluding carboxylic acids is 1. The van der Waals surface area contributed by atoms with Gasteiger partial charge in [0, 0.05) is 37.9 Å². The van der Waals surface area contributed by atoms with Crippen LogP contribution >= 0.6 is 0 Å². The van der Waals surface area contributed by atoms with Crippen LogP contribution in [0.25, 0.3) is 0 Å². The number of ether oxygens (including phenoxy) is 1. The molecule has 0 unspecified atom stereocenters. The summed E-state index contributed by atoms with van der Waals surface area (Å²) < 4.78 is 10.7. The summed E-state index contributed by atoms with van der Waals surface area (Å²) in [5.74, 6) is -0.510. The van der Waals surface area contributed by atoms with E-state index in [0.717, 1.165) is 0 Å². The second kappa shape index (κ2) is 8.68. The lowest BCUT2D eigenvalue weighted by Gasteiger charge is -2.28. The lowest BCUT2D eigenvalue weighted by Crippen LogP contribution is -2.38. The number of aromatic nitrogens is 1. The van der Waals surface area contributed by atoms with Crippen LogP contribution in [0.2, 0.25) is 0 Å². The highest BCUT2D eigenvalue weighted by molar-refractivity contribution is 5.91. The second-order valence-electron chi connectivity index (χ2n) is 6.23. The van der Waals surface area contributed by atoms with E-state index < -0.39 is 12.0 Å². The van der Waals surface area contributed by atoms with Crippen LogP contribution in [0.5, 0.6) is 5.88 Å². The molecule has 0 radical (unpaired) electrons. The third kappa shape index (κ3) is 4.28. The van der Waals surface area contributed by atoms with E-state index in [9.17, 15) is 14.7 Å². The fraction of sp³-hybridized carbons (Fsp3) is 0.421. The van der Waals surface area contributed by atoms with Gasteiger partial charge >= 0.3 is 5.97 Å². The highest BCUT2D eigenvalue weighted by Gasteiger charge is 2.33. The van der Waals surface area contributed by atoms with Crippen molar-refractivity contribution in [3.05, 3.63) is 48.0 Å². The maximum Gasteiger partial charge on any atom is 0.325 e. The molecule has 0 spiro atoms. The van der Waals surface area contributed by atoms with E-state index in [1.165, 1.54) is 6.26 Å². The second-order valence-corrected chi connectivity index (χ2v) is 6.23. The first kappa shape index (κ1) is 18.9. The number of amides is 1. The predicted octanol–water partition coefficient (Wildman–Crippen LogP) is 2.05. The number of carbonyl (C=O) groups is 2. The molecule has 3 rings (SSSR count). The van der Waals surface area contributed by atoms with Gasteiger partial charge in [-0.25, -0.2) is 4.98 Å². The van der Waals surface area contributed by atoms with Gasteiger partial charge in [0.25, 0.3) is 5.91 Å². The van der Waals surface area contributed by atoms with Crippen molar-refractivity contribution >= 4 is 11.9 Å². The summed E-state index contributed by atoms with van der Waals surface area (Å²) in [4.78, 5) is 32.3. The minimum Gasteiger partial charge on any atom is -0.480 e. The summed E-state index contributed by atoms with van der Waals surface area (Å²) in [6, 6.07) is 5.87. The lowest BCUT2D eigenvalue weighted by atomic mass is 10.1. The molecule has 2 aromatic rings. The van der Waals surface area contributed by atoms with Crippen molar-refractivity contribution in [2.45, 2.75) is 19.4 Å². The van der Waals surface area contributed by atoms with E-state index >= 15 is 0 Å². The van der Waals surface area contributed by atoms with E-state index in [0.29, 0.717) is 56.4 Å². The molecule has 8 heteroatoms. The van der Waals surface area contributed by atoms with Gasteiger partial charge in [0.05, 0.1) is 12.9 Å². The van der Waals surface area contributed by atoms with Crippen molar-refractivity contribution in [3.8, 4) is 5.88 Å². The van der Waals surface area contributed by atoms with Crippen molar-refractivity contribution in [1.82, 2.24) is 14.8 Å². The van der Waals surface area contributed by atoms with Crippen LogP contribution in [-0.2, 0) is 4.79 Å². The number of furan rings is 1. The zero-order valence-corrected chi connectivity index (χ0v) is 15.2. The molecule has 8 nitrogen and oxygen atoms in total. The molecule has 0 aliphatic carbocycles. The Balaban J connectivity index is 1.78. The monoisotopic (exact) mass is 373 g/mol. The van der Waals surface area contributed by atoms with Crippen LogP contribution < -0.4 is 4.74 Å². The molecule has 1 aliphatic rings. The van der Waals surface area contributed by atoms with Gasteiger partial charge in [0.1, 0.15) is 6.04 Å². The molecule has 2 aromatic heterocycles. The van der Waals surface area contributed by atoms with Crippen LogP contribution in [0.1, 0.15) is 35.5 Å². The lowest BCUT2D eigenvalue weighted by molar-refractivity contribution is -0.143. The first-order chi connectivity index (χ1) is 13.1. The molecular formula is C19H23N3O5. The van der Waals surface area contributed by atoms with Gasteiger partial charge in [0.2, 0.25) is 5.88 Å². The Morgan fingerprint density at radius 3 is 2.81 bits per heavy atom. The smallest absolute Gasteiger partial charge is 0.325 e. The van der Waals surface area contributed by atoms with Gasteiger partial charge in [-0.2, -0.15) is 0 Å². The SMILES string of the molecule is CCOc1ncccc1[C@H](C(=O)O)N1CCCN(C(=O)c2ccco2)CC1. The molecule has 3 heterocycles. The Morgan fingerprint density at radius 2 is 2.11 bits per heavy atom. The Labute approximate surface area is 157 Å². The number of carboxylic acids is 1. The molecule has 1 amide bonds. The summed E-state index contributed by atoms with van der Waals surface area (Å²) in [7, 11) is 0. The zero-order chi connectivity index (χ0) is 19.2. The fourth-order valence-electron chi connectivity index (χ4n) is 3.31. The predicted molar refractivity (Wildman–Crippen MR) is 96.6 cm³/mol. The van der Waals surface area contributed by atoms with E-state index in [1.807, 2.05) is 11.8 Å². The third-order valence-corrected chi connectivity index (χ3v) is 4.52. The highest BCUT2D eigenvalue weighted by atomic mass is 16.5. The van der Waals surface area contributed by atoms with Gasteiger partial charge in [0.15, 0.2) is 5.76 Å².